The number of para-hydroxylation sites is 1. The number of esters is 1. The number of carboxylic acid groups (broad SMARTS) is 2. The summed E-state index contributed by atoms with van der Waals surface area (Å²) in [6.07, 6.45) is -3.40. The molecular formula is C14H17NO8. The molecule has 1 rings (SSSR count). The van der Waals surface area contributed by atoms with Gasteiger partial charge in [-0.15, -0.1) is 0 Å². The molecule has 9 heteroatoms. The van der Waals surface area contributed by atoms with Crippen molar-refractivity contribution >= 4 is 17.9 Å². The summed E-state index contributed by atoms with van der Waals surface area (Å²) < 4.78 is 9.93. The van der Waals surface area contributed by atoms with Crippen LogP contribution >= 0.6 is 0 Å². The number of ether oxygens (including phenoxy) is 2. The highest BCUT2D eigenvalue weighted by Gasteiger charge is 2.41. The maximum absolute atomic E-state index is 11.6. The van der Waals surface area contributed by atoms with Crippen molar-refractivity contribution in [2.45, 2.75) is 24.7 Å². The van der Waals surface area contributed by atoms with Gasteiger partial charge >= 0.3 is 17.9 Å². The van der Waals surface area contributed by atoms with Gasteiger partial charge in [0.25, 0.3) is 0 Å². The molecule has 0 saturated heterocycles. The van der Waals surface area contributed by atoms with Crippen molar-refractivity contribution in [1.29, 1.82) is 0 Å². The van der Waals surface area contributed by atoms with E-state index in [1.807, 2.05) is 0 Å². The van der Waals surface area contributed by atoms with E-state index >= 15 is 0 Å². The number of nitrogens with two attached hydrogens (primary N) is 1. The normalized spacial score (nSPS) is 14.3. The van der Waals surface area contributed by atoms with E-state index in [2.05, 4.69) is 0 Å². The van der Waals surface area contributed by atoms with Gasteiger partial charge < -0.3 is 24.8 Å². The van der Waals surface area contributed by atoms with E-state index < -0.39 is 42.6 Å². The molecule has 126 valence electrons. The van der Waals surface area contributed by atoms with Crippen molar-refractivity contribution in [2.75, 3.05) is 6.61 Å². The van der Waals surface area contributed by atoms with Gasteiger partial charge in [-0.2, -0.15) is 0 Å². The first-order valence-corrected chi connectivity index (χ1v) is 6.53. The number of carbonyl (C=O) groups is 3. The van der Waals surface area contributed by atoms with Crippen molar-refractivity contribution in [3.63, 3.8) is 0 Å². The van der Waals surface area contributed by atoms with Gasteiger partial charge in [-0.1, -0.05) is 18.2 Å². The van der Waals surface area contributed by atoms with Crippen molar-refractivity contribution < 1.29 is 39.2 Å². The summed E-state index contributed by atoms with van der Waals surface area (Å²) in [5, 5.41) is 27.1. The molecule has 1 aromatic rings. The highest BCUT2D eigenvalue weighted by molar-refractivity contribution is 5.88. The van der Waals surface area contributed by atoms with E-state index in [-0.39, 0.29) is 6.61 Å². The zero-order valence-corrected chi connectivity index (χ0v) is 12.0. The Morgan fingerprint density at radius 1 is 1.13 bits per heavy atom. The first-order chi connectivity index (χ1) is 10.7. The minimum atomic E-state index is -2.76. The van der Waals surface area contributed by atoms with E-state index in [1.54, 1.807) is 30.3 Å². The lowest BCUT2D eigenvalue weighted by molar-refractivity contribution is -0.173. The van der Waals surface area contributed by atoms with Crippen molar-refractivity contribution in [1.82, 2.24) is 0 Å². The average molecular weight is 327 g/mol. The number of hydrogen-bond acceptors (Lipinski definition) is 7. The Morgan fingerprint density at radius 2 is 1.74 bits per heavy atom. The number of aliphatic carboxylic acids is 2. The summed E-state index contributed by atoms with van der Waals surface area (Å²) in [5.74, 6) is -4.07. The standard InChI is InChI=1S/C14H17NO8/c15-10(8-22-9-4-2-1-3-5-9)23-12(18)7-14(21,13(19)20)6-11(16)17/h1-5,10,21H,6-8,15H2,(H,16,17)(H,19,20). The molecule has 2 atom stereocenters. The summed E-state index contributed by atoms with van der Waals surface area (Å²) in [6, 6.07) is 8.55. The molecule has 2 unspecified atom stereocenters. The van der Waals surface area contributed by atoms with Crippen LogP contribution in [0.2, 0.25) is 0 Å². The van der Waals surface area contributed by atoms with Crippen LogP contribution in [0.25, 0.3) is 0 Å². The molecule has 0 aliphatic carbocycles. The minimum absolute atomic E-state index is 0.194. The fourth-order valence-corrected chi connectivity index (χ4v) is 1.64. The molecular weight excluding hydrogens is 310 g/mol. The third-order valence-corrected chi connectivity index (χ3v) is 2.72. The molecule has 9 nitrogen and oxygen atoms in total. The van der Waals surface area contributed by atoms with Gasteiger partial charge in [0.2, 0.25) is 0 Å². The monoisotopic (exact) mass is 327 g/mol. The number of rotatable bonds is 9. The topological polar surface area (TPSA) is 156 Å². The third kappa shape index (κ3) is 6.32. The predicted molar refractivity (Wildman–Crippen MR) is 75.5 cm³/mol. The van der Waals surface area contributed by atoms with E-state index in [0.717, 1.165) is 0 Å². The second-order valence-electron chi connectivity index (χ2n) is 4.74. The van der Waals surface area contributed by atoms with Gasteiger partial charge in [0, 0.05) is 0 Å². The van der Waals surface area contributed by atoms with E-state index in [4.69, 9.17) is 25.4 Å². The molecule has 5 N–H and O–H groups in total. The summed E-state index contributed by atoms with van der Waals surface area (Å²) in [5.41, 5.74) is 2.74. The SMILES string of the molecule is NC(COc1ccccc1)OC(=O)CC(O)(CC(=O)O)C(=O)O. The van der Waals surface area contributed by atoms with Crippen LogP contribution < -0.4 is 10.5 Å². The lowest BCUT2D eigenvalue weighted by Gasteiger charge is -2.21. The molecule has 0 spiro atoms. The molecule has 0 aliphatic heterocycles. The summed E-state index contributed by atoms with van der Waals surface area (Å²) in [6.45, 7) is -0.194. The first kappa shape index (κ1) is 18.4. The van der Waals surface area contributed by atoms with Crippen LogP contribution in [0.3, 0.4) is 0 Å². The van der Waals surface area contributed by atoms with Crippen LogP contribution in [-0.2, 0) is 19.1 Å². The molecule has 0 radical (unpaired) electrons. The van der Waals surface area contributed by atoms with Crippen molar-refractivity contribution in [3.05, 3.63) is 30.3 Å². The molecule has 1 aromatic carbocycles. The predicted octanol–water partition coefficient (Wildman–Crippen LogP) is -0.426. The minimum Gasteiger partial charge on any atom is -0.488 e. The lowest BCUT2D eigenvalue weighted by Crippen LogP contribution is -2.44. The summed E-state index contributed by atoms with van der Waals surface area (Å²) in [4.78, 5) is 33.1. The quantitative estimate of drug-likeness (QED) is 0.349. The Bertz CT molecular complexity index is 561. The molecule has 0 aromatic heterocycles. The number of carboxylic acids is 2. The lowest BCUT2D eigenvalue weighted by atomic mass is 9.96. The molecule has 0 saturated carbocycles. The van der Waals surface area contributed by atoms with Gasteiger partial charge in [0.1, 0.15) is 12.4 Å². The average Bonchev–Trinajstić information content (AvgIpc) is 2.45. The summed E-state index contributed by atoms with van der Waals surface area (Å²) in [7, 11) is 0. The zero-order valence-electron chi connectivity index (χ0n) is 12.0. The van der Waals surface area contributed by atoms with Gasteiger partial charge in [-0.3, -0.25) is 15.3 Å². The van der Waals surface area contributed by atoms with E-state index in [0.29, 0.717) is 5.75 Å². The highest BCUT2D eigenvalue weighted by Crippen LogP contribution is 2.17. The number of benzene rings is 1. The molecule has 0 aliphatic rings. The zero-order chi connectivity index (χ0) is 17.5. The molecule has 0 fully saturated rings. The maximum atomic E-state index is 11.6. The number of hydrogen-bond donors (Lipinski definition) is 4. The van der Waals surface area contributed by atoms with Gasteiger partial charge in [0.05, 0.1) is 12.8 Å². The Hall–Kier alpha value is -2.65. The smallest absolute Gasteiger partial charge is 0.336 e. The molecule has 0 bridgehead atoms. The van der Waals surface area contributed by atoms with E-state index in [9.17, 15) is 19.5 Å². The Morgan fingerprint density at radius 3 is 2.26 bits per heavy atom. The second kappa shape index (κ2) is 8.11. The fourth-order valence-electron chi connectivity index (χ4n) is 1.64. The number of aliphatic hydroxyl groups is 1. The largest absolute Gasteiger partial charge is 0.488 e. The van der Waals surface area contributed by atoms with Crippen molar-refractivity contribution in [3.8, 4) is 5.75 Å². The first-order valence-electron chi connectivity index (χ1n) is 6.53. The Kier molecular flexibility index (Phi) is 6.49. The highest BCUT2D eigenvalue weighted by atomic mass is 16.6. The molecule has 0 heterocycles. The van der Waals surface area contributed by atoms with Crippen LogP contribution in [0.15, 0.2) is 30.3 Å². The van der Waals surface area contributed by atoms with Crippen LogP contribution in [0.1, 0.15) is 12.8 Å². The molecule has 0 amide bonds. The van der Waals surface area contributed by atoms with Crippen LogP contribution in [0.5, 0.6) is 5.75 Å². The van der Waals surface area contributed by atoms with Crippen LogP contribution in [0, 0.1) is 0 Å². The third-order valence-electron chi connectivity index (χ3n) is 2.72. The fraction of sp³-hybridized carbons (Fsp3) is 0.357. The van der Waals surface area contributed by atoms with Gasteiger partial charge in [0.15, 0.2) is 11.8 Å². The van der Waals surface area contributed by atoms with E-state index in [1.165, 1.54) is 0 Å². The maximum Gasteiger partial charge on any atom is 0.336 e. The summed E-state index contributed by atoms with van der Waals surface area (Å²) >= 11 is 0. The van der Waals surface area contributed by atoms with Crippen LogP contribution in [0.4, 0.5) is 0 Å². The van der Waals surface area contributed by atoms with Gasteiger partial charge in [-0.05, 0) is 12.1 Å². The van der Waals surface area contributed by atoms with Crippen LogP contribution in [-0.4, -0.2) is 51.7 Å². The Balaban J connectivity index is 2.50. The number of carbonyl (C=O) groups excluding carboxylic acids is 1. The Labute approximate surface area is 131 Å². The molecule has 23 heavy (non-hydrogen) atoms. The second-order valence-corrected chi connectivity index (χ2v) is 4.74. The van der Waals surface area contributed by atoms with Crippen molar-refractivity contribution in [2.24, 2.45) is 5.73 Å². The van der Waals surface area contributed by atoms with Gasteiger partial charge in [-0.25, -0.2) is 4.79 Å².